The van der Waals surface area contributed by atoms with E-state index in [4.69, 9.17) is 4.74 Å². The van der Waals surface area contributed by atoms with Gasteiger partial charge < -0.3 is 9.64 Å². The van der Waals surface area contributed by atoms with Gasteiger partial charge in [-0.15, -0.1) is 0 Å². The average molecular weight is 276 g/mol. The first-order chi connectivity index (χ1) is 9.63. The zero-order valence-electron chi connectivity index (χ0n) is 11.8. The Kier molecular flexibility index (Phi) is 3.28. The normalized spacial score (nSPS) is 20.6. The van der Waals surface area contributed by atoms with Gasteiger partial charge in [0.1, 0.15) is 0 Å². The molecule has 0 N–H and O–H groups in total. The largest absolute Gasteiger partial charge is 0.490 e. The SMILES string of the molecule is COc1cc(N2CCC3(CCC3)CC2)ccc1[N+](=O)[O-]. The van der Waals surface area contributed by atoms with Crippen LogP contribution in [0.25, 0.3) is 0 Å². The molecule has 1 aromatic carbocycles. The summed E-state index contributed by atoms with van der Waals surface area (Å²) in [5, 5.41) is 10.9. The average Bonchev–Trinajstić information content (AvgIpc) is 2.45. The van der Waals surface area contributed by atoms with E-state index in [2.05, 4.69) is 4.90 Å². The second kappa shape index (κ2) is 4.96. The zero-order chi connectivity index (χ0) is 14.2. The molecule has 1 aromatic rings. The number of nitro groups is 1. The summed E-state index contributed by atoms with van der Waals surface area (Å²) in [6.45, 7) is 2.09. The van der Waals surface area contributed by atoms with Crippen LogP contribution in [0.5, 0.6) is 5.75 Å². The summed E-state index contributed by atoms with van der Waals surface area (Å²) in [7, 11) is 1.48. The third-order valence-electron chi connectivity index (χ3n) is 4.96. The number of benzene rings is 1. The molecule has 0 unspecified atom stereocenters. The number of hydrogen-bond donors (Lipinski definition) is 0. The number of methoxy groups -OCH3 is 1. The van der Waals surface area contributed by atoms with Crippen LogP contribution in [-0.2, 0) is 0 Å². The van der Waals surface area contributed by atoms with Crippen LogP contribution in [0.4, 0.5) is 11.4 Å². The number of hydrogen-bond acceptors (Lipinski definition) is 4. The predicted molar refractivity (Wildman–Crippen MR) is 77.4 cm³/mol. The molecule has 108 valence electrons. The Labute approximate surface area is 118 Å². The molecule has 20 heavy (non-hydrogen) atoms. The predicted octanol–water partition coefficient (Wildman–Crippen LogP) is 3.37. The second-order valence-electron chi connectivity index (χ2n) is 5.95. The topological polar surface area (TPSA) is 55.6 Å². The van der Waals surface area contributed by atoms with E-state index in [1.165, 1.54) is 39.2 Å². The molecular weight excluding hydrogens is 256 g/mol. The number of ether oxygens (including phenoxy) is 1. The quantitative estimate of drug-likeness (QED) is 0.627. The van der Waals surface area contributed by atoms with E-state index >= 15 is 0 Å². The van der Waals surface area contributed by atoms with Gasteiger partial charge in [0.05, 0.1) is 12.0 Å². The molecule has 2 fully saturated rings. The highest BCUT2D eigenvalue weighted by Crippen LogP contribution is 2.49. The Hall–Kier alpha value is -1.78. The molecule has 1 saturated carbocycles. The van der Waals surface area contributed by atoms with Crippen LogP contribution in [0.1, 0.15) is 32.1 Å². The summed E-state index contributed by atoms with van der Waals surface area (Å²) < 4.78 is 5.14. The molecule has 1 aliphatic heterocycles. The lowest BCUT2D eigenvalue weighted by Crippen LogP contribution is -2.43. The van der Waals surface area contributed by atoms with Crippen LogP contribution in [0.3, 0.4) is 0 Å². The van der Waals surface area contributed by atoms with Crippen molar-refractivity contribution in [2.45, 2.75) is 32.1 Å². The smallest absolute Gasteiger partial charge is 0.311 e. The summed E-state index contributed by atoms with van der Waals surface area (Å²) in [4.78, 5) is 12.8. The Morgan fingerprint density at radius 2 is 1.95 bits per heavy atom. The number of rotatable bonds is 3. The Bertz CT molecular complexity index is 516. The number of anilines is 1. The minimum Gasteiger partial charge on any atom is -0.490 e. The van der Waals surface area contributed by atoms with Crippen molar-refractivity contribution in [3.63, 3.8) is 0 Å². The van der Waals surface area contributed by atoms with Crippen molar-refractivity contribution in [3.8, 4) is 5.75 Å². The fourth-order valence-corrected chi connectivity index (χ4v) is 3.43. The van der Waals surface area contributed by atoms with E-state index in [0.29, 0.717) is 11.2 Å². The molecule has 1 aliphatic carbocycles. The van der Waals surface area contributed by atoms with Crippen molar-refractivity contribution in [3.05, 3.63) is 28.3 Å². The number of nitrogens with zero attached hydrogens (tertiary/aromatic N) is 2. The van der Waals surface area contributed by atoms with Gasteiger partial charge >= 0.3 is 5.69 Å². The van der Waals surface area contributed by atoms with Crippen molar-refractivity contribution in [1.29, 1.82) is 0 Å². The lowest BCUT2D eigenvalue weighted by atomic mass is 9.63. The van der Waals surface area contributed by atoms with Crippen LogP contribution < -0.4 is 9.64 Å². The minimum atomic E-state index is -0.401. The van der Waals surface area contributed by atoms with Crippen LogP contribution >= 0.6 is 0 Å². The van der Waals surface area contributed by atoms with Crippen molar-refractivity contribution < 1.29 is 9.66 Å². The van der Waals surface area contributed by atoms with Gasteiger partial charge in [0.25, 0.3) is 0 Å². The third-order valence-corrected chi connectivity index (χ3v) is 4.96. The minimum absolute atomic E-state index is 0.0312. The van der Waals surface area contributed by atoms with Crippen LogP contribution in [0.2, 0.25) is 0 Å². The number of nitro benzene ring substituents is 1. The first-order valence-electron chi connectivity index (χ1n) is 7.21. The van der Waals surface area contributed by atoms with Crippen molar-refractivity contribution in [2.24, 2.45) is 5.41 Å². The fraction of sp³-hybridized carbons (Fsp3) is 0.600. The zero-order valence-corrected chi connectivity index (χ0v) is 11.8. The molecule has 0 bridgehead atoms. The van der Waals surface area contributed by atoms with Crippen LogP contribution in [0, 0.1) is 15.5 Å². The van der Waals surface area contributed by atoms with Gasteiger partial charge in [-0.25, -0.2) is 0 Å². The molecule has 5 heteroatoms. The summed E-state index contributed by atoms with van der Waals surface area (Å²) in [6, 6.07) is 5.16. The first kappa shape index (κ1) is 13.2. The monoisotopic (exact) mass is 276 g/mol. The highest BCUT2D eigenvalue weighted by atomic mass is 16.6. The van der Waals surface area contributed by atoms with Crippen molar-refractivity contribution >= 4 is 11.4 Å². The molecule has 0 amide bonds. The summed E-state index contributed by atoms with van der Waals surface area (Å²) >= 11 is 0. The second-order valence-corrected chi connectivity index (χ2v) is 5.95. The van der Waals surface area contributed by atoms with E-state index in [0.717, 1.165) is 18.8 Å². The van der Waals surface area contributed by atoms with E-state index in [-0.39, 0.29) is 5.69 Å². The maximum absolute atomic E-state index is 10.9. The molecule has 2 aliphatic rings. The van der Waals surface area contributed by atoms with Crippen molar-refractivity contribution in [2.75, 3.05) is 25.1 Å². The molecular formula is C15H20N2O3. The van der Waals surface area contributed by atoms with Gasteiger partial charge in [0, 0.05) is 30.9 Å². The maximum atomic E-state index is 10.9. The highest BCUT2D eigenvalue weighted by molar-refractivity contribution is 5.59. The van der Waals surface area contributed by atoms with Crippen LogP contribution in [0.15, 0.2) is 18.2 Å². The highest BCUT2D eigenvalue weighted by Gasteiger charge is 2.39. The van der Waals surface area contributed by atoms with Gasteiger partial charge in [-0.2, -0.15) is 0 Å². The molecule has 0 radical (unpaired) electrons. The molecule has 1 spiro atoms. The molecule has 0 atom stereocenters. The lowest BCUT2D eigenvalue weighted by Gasteiger charge is -2.48. The fourth-order valence-electron chi connectivity index (χ4n) is 3.43. The first-order valence-corrected chi connectivity index (χ1v) is 7.21. The van der Waals surface area contributed by atoms with Gasteiger partial charge in [-0.3, -0.25) is 10.1 Å². The summed E-state index contributed by atoms with van der Waals surface area (Å²) in [6.07, 6.45) is 6.62. The van der Waals surface area contributed by atoms with Gasteiger partial charge in [-0.1, -0.05) is 6.42 Å². The Balaban J connectivity index is 1.76. The van der Waals surface area contributed by atoms with Crippen LogP contribution in [-0.4, -0.2) is 25.1 Å². The molecule has 1 heterocycles. The van der Waals surface area contributed by atoms with Gasteiger partial charge in [-0.05, 0) is 37.2 Å². The third kappa shape index (κ3) is 2.21. The summed E-state index contributed by atoms with van der Waals surface area (Å²) in [5.74, 6) is 0.344. The van der Waals surface area contributed by atoms with E-state index in [1.807, 2.05) is 6.07 Å². The molecule has 0 aromatic heterocycles. The summed E-state index contributed by atoms with van der Waals surface area (Å²) in [5.41, 5.74) is 1.67. The van der Waals surface area contributed by atoms with Gasteiger partial charge in [0.2, 0.25) is 0 Å². The lowest BCUT2D eigenvalue weighted by molar-refractivity contribution is -0.385. The Morgan fingerprint density at radius 1 is 1.25 bits per heavy atom. The standard InChI is InChI=1S/C15H20N2O3/c1-20-14-11-12(3-4-13(14)17(18)19)16-9-7-15(8-10-16)5-2-6-15/h3-4,11H,2,5-10H2,1H3. The molecule has 1 saturated heterocycles. The molecule has 5 nitrogen and oxygen atoms in total. The Morgan fingerprint density at radius 3 is 2.45 bits per heavy atom. The van der Waals surface area contributed by atoms with E-state index < -0.39 is 4.92 Å². The van der Waals surface area contributed by atoms with E-state index in [1.54, 1.807) is 12.1 Å². The van der Waals surface area contributed by atoms with E-state index in [9.17, 15) is 10.1 Å². The maximum Gasteiger partial charge on any atom is 0.311 e. The van der Waals surface area contributed by atoms with Gasteiger partial charge in [0.15, 0.2) is 5.75 Å². The number of piperidine rings is 1. The van der Waals surface area contributed by atoms with Crippen molar-refractivity contribution in [1.82, 2.24) is 0 Å². The molecule has 3 rings (SSSR count).